The summed E-state index contributed by atoms with van der Waals surface area (Å²) in [6.07, 6.45) is 7.78. The van der Waals surface area contributed by atoms with Crippen LogP contribution in [0.25, 0.3) is 0 Å². The molecule has 1 saturated heterocycles. The number of piperidine rings is 1. The molecule has 1 aliphatic carbocycles. The van der Waals surface area contributed by atoms with E-state index in [1.165, 1.54) is 0 Å². The van der Waals surface area contributed by atoms with E-state index in [-0.39, 0.29) is 12.0 Å². The molecule has 1 saturated carbocycles. The molecule has 0 unspecified atom stereocenters. The summed E-state index contributed by atoms with van der Waals surface area (Å²) in [5, 5.41) is 9.01. The van der Waals surface area contributed by atoms with E-state index in [9.17, 15) is 4.79 Å². The van der Waals surface area contributed by atoms with E-state index in [2.05, 4.69) is 38.0 Å². The van der Waals surface area contributed by atoms with E-state index < -0.39 is 0 Å². The first-order chi connectivity index (χ1) is 13.2. The van der Waals surface area contributed by atoms with Gasteiger partial charge in [-0.3, -0.25) is 9.79 Å². The number of fused-ring (bicyclic) bond motifs is 1. The van der Waals surface area contributed by atoms with Gasteiger partial charge < -0.3 is 9.64 Å². The normalized spacial score (nSPS) is 25.2. The Balaban J connectivity index is 1.35. The summed E-state index contributed by atoms with van der Waals surface area (Å²) in [5.41, 5.74) is 2.45. The highest BCUT2D eigenvalue weighted by Crippen LogP contribution is 2.31. The van der Waals surface area contributed by atoms with Gasteiger partial charge in [-0.05, 0) is 66.2 Å². The van der Waals surface area contributed by atoms with E-state index in [1.807, 2.05) is 12.1 Å². The summed E-state index contributed by atoms with van der Waals surface area (Å²) in [4.78, 5) is 19.4. The fourth-order valence-corrected chi connectivity index (χ4v) is 4.64. The van der Waals surface area contributed by atoms with E-state index in [1.54, 1.807) is 6.07 Å². The van der Waals surface area contributed by atoms with Crippen LogP contribution in [0, 0.1) is 11.3 Å². The predicted molar refractivity (Wildman–Crippen MR) is 107 cm³/mol. The summed E-state index contributed by atoms with van der Waals surface area (Å²) < 4.78 is 6.87. The number of halogens is 1. The van der Waals surface area contributed by atoms with Crippen molar-refractivity contribution in [3.63, 3.8) is 0 Å². The number of dihydropyridines is 1. The number of rotatable bonds is 3. The van der Waals surface area contributed by atoms with E-state index in [0.717, 1.165) is 73.1 Å². The summed E-state index contributed by atoms with van der Waals surface area (Å²) in [7, 11) is 0. The first kappa shape index (κ1) is 18.2. The first-order valence-electron chi connectivity index (χ1n) is 9.57. The SMILES string of the molecule is N#Cc1ccc(OC2CCC(N3CCC4=NCCC=C4C3=O)CC2)cc1Br. The molecule has 27 heavy (non-hydrogen) atoms. The fraction of sp³-hybridized carbons (Fsp3) is 0.476. The van der Waals surface area contributed by atoms with Crippen LogP contribution in [-0.2, 0) is 4.79 Å². The highest BCUT2D eigenvalue weighted by Gasteiger charge is 2.35. The lowest BCUT2D eigenvalue weighted by atomic mass is 9.88. The minimum absolute atomic E-state index is 0.159. The molecule has 2 fully saturated rings. The Morgan fingerprint density at radius 1 is 1.26 bits per heavy atom. The Bertz CT molecular complexity index is 847. The smallest absolute Gasteiger partial charge is 0.255 e. The molecule has 0 radical (unpaired) electrons. The third-order valence-electron chi connectivity index (χ3n) is 5.62. The quantitative estimate of drug-likeness (QED) is 0.731. The van der Waals surface area contributed by atoms with Crippen LogP contribution in [0.4, 0.5) is 0 Å². The number of amides is 1. The average molecular weight is 428 g/mol. The van der Waals surface area contributed by atoms with Gasteiger partial charge in [-0.15, -0.1) is 0 Å². The molecule has 2 heterocycles. The summed E-state index contributed by atoms with van der Waals surface area (Å²) in [6.45, 7) is 1.60. The summed E-state index contributed by atoms with van der Waals surface area (Å²) in [5.74, 6) is 0.951. The molecule has 0 spiro atoms. The van der Waals surface area contributed by atoms with Gasteiger partial charge in [-0.2, -0.15) is 5.26 Å². The third-order valence-corrected chi connectivity index (χ3v) is 6.28. The Kier molecular flexibility index (Phi) is 5.31. The monoisotopic (exact) mass is 427 g/mol. The number of hydrogen-bond donors (Lipinski definition) is 0. The zero-order chi connectivity index (χ0) is 18.8. The Hall–Kier alpha value is -2.13. The first-order valence-corrected chi connectivity index (χ1v) is 10.4. The number of benzene rings is 1. The fourth-order valence-electron chi connectivity index (χ4n) is 4.19. The number of nitriles is 1. The van der Waals surface area contributed by atoms with Gasteiger partial charge in [-0.25, -0.2) is 0 Å². The van der Waals surface area contributed by atoms with Crippen LogP contribution in [0.2, 0.25) is 0 Å². The molecule has 5 nitrogen and oxygen atoms in total. The number of carbonyl (C=O) groups excluding carboxylic acids is 1. The molecule has 0 aromatic heterocycles. The maximum atomic E-state index is 12.8. The lowest BCUT2D eigenvalue weighted by molar-refractivity contribution is -0.130. The molecule has 0 bridgehead atoms. The minimum Gasteiger partial charge on any atom is -0.490 e. The molecule has 140 valence electrons. The molecule has 2 aliphatic heterocycles. The van der Waals surface area contributed by atoms with E-state index in [4.69, 9.17) is 10.00 Å². The standard InChI is InChI=1S/C21H22BrN3O2/c22-19-12-17(6-3-14(19)13-23)27-16-7-4-15(5-8-16)25-11-9-20-18(21(25)26)2-1-10-24-20/h2-3,6,12,15-16H,1,4-5,7-11H2. The largest absolute Gasteiger partial charge is 0.490 e. The molecule has 3 aliphatic rings. The van der Waals surface area contributed by atoms with Gasteiger partial charge >= 0.3 is 0 Å². The topological polar surface area (TPSA) is 65.7 Å². The number of hydrogen-bond acceptors (Lipinski definition) is 4. The van der Waals surface area contributed by atoms with Crippen LogP contribution < -0.4 is 4.74 Å². The van der Waals surface area contributed by atoms with Crippen LogP contribution in [-0.4, -0.2) is 41.8 Å². The van der Waals surface area contributed by atoms with Crippen molar-refractivity contribution < 1.29 is 9.53 Å². The number of nitrogens with zero attached hydrogens (tertiary/aromatic N) is 3. The Labute approximate surface area is 167 Å². The van der Waals surface area contributed by atoms with Gasteiger partial charge in [0.1, 0.15) is 11.8 Å². The second kappa shape index (κ2) is 7.85. The minimum atomic E-state index is 0.159. The van der Waals surface area contributed by atoms with Crippen molar-refractivity contribution >= 4 is 27.5 Å². The molecular weight excluding hydrogens is 406 g/mol. The van der Waals surface area contributed by atoms with Crippen molar-refractivity contribution in [3.05, 3.63) is 39.9 Å². The van der Waals surface area contributed by atoms with Gasteiger partial charge in [0.25, 0.3) is 5.91 Å². The molecule has 1 aromatic rings. The van der Waals surface area contributed by atoms with Crippen LogP contribution in [0.1, 0.15) is 44.1 Å². The molecule has 0 atom stereocenters. The summed E-state index contributed by atoms with van der Waals surface area (Å²) >= 11 is 3.41. The van der Waals surface area contributed by atoms with Crippen LogP contribution >= 0.6 is 15.9 Å². The molecular formula is C21H22BrN3O2. The second-order valence-corrected chi connectivity index (χ2v) is 8.14. The number of likely N-dealkylation sites (tertiary alicyclic amines) is 1. The lowest BCUT2D eigenvalue weighted by Gasteiger charge is -2.40. The zero-order valence-electron chi connectivity index (χ0n) is 15.2. The predicted octanol–water partition coefficient (Wildman–Crippen LogP) is 4.01. The molecule has 6 heteroatoms. The van der Waals surface area contributed by atoms with Crippen molar-refractivity contribution in [2.75, 3.05) is 13.1 Å². The van der Waals surface area contributed by atoms with E-state index >= 15 is 0 Å². The van der Waals surface area contributed by atoms with Crippen LogP contribution in [0.3, 0.4) is 0 Å². The molecule has 0 N–H and O–H groups in total. The van der Waals surface area contributed by atoms with Crippen molar-refractivity contribution in [1.82, 2.24) is 4.90 Å². The van der Waals surface area contributed by atoms with Gasteiger partial charge in [0.15, 0.2) is 0 Å². The molecule has 1 aromatic carbocycles. The molecule has 4 rings (SSSR count). The number of aliphatic imine (C=N–C) groups is 1. The third kappa shape index (κ3) is 3.79. The van der Waals surface area contributed by atoms with Gasteiger partial charge in [-0.1, -0.05) is 6.08 Å². The van der Waals surface area contributed by atoms with Crippen LogP contribution in [0.15, 0.2) is 39.3 Å². The highest BCUT2D eigenvalue weighted by molar-refractivity contribution is 9.10. The highest BCUT2D eigenvalue weighted by atomic mass is 79.9. The Morgan fingerprint density at radius 2 is 2.07 bits per heavy atom. The van der Waals surface area contributed by atoms with Crippen molar-refractivity contribution in [2.24, 2.45) is 4.99 Å². The second-order valence-electron chi connectivity index (χ2n) is 7.29. The number of ether oxygens (including phenoxy) is 1. The van der Waals surface area contributed by atoms with Gasteiger partial charge in [0.05, 0.1) is 17.2 Å². The maximum absolute atomic E-state index is 12.8. The van der Waals surface area contributed by atoms with Crippen molar-refractivity contribution in [2.45, 2.75) is 50.7 Å². The van der Waals surface area contributed by atoms with Gasteiger partial charge in [0.2, 0.25) is 0 Å². The Morgan fingerprint density at radius 3 is 2.81 bits per heavy atom. The maximum Gasteiger partial charge on any atom is 0.255 e. The van der Waals surface area contributed by atoms with Crippen molar-refractivity contribution in [1.29, 1.82) is 5.26 Å². The average Bonchev–Trinajstić information content (AvgIpc) is 2.69. The molecule has 1 amide bonds. The van der Waals surface area contributed by atoms with Crippen molar-refractivity contribution in [3.8, 4) is 11.8 Å². The van der Waals surface area contributed by atoms with Gasteiger partial charge in [0, 0.05) is 35.7 Å². The summed E-state index contributed by atoms with van der Waals surface area (Å²) in [6, 6.07) is 7.92. The van der Waals surface area contributed by atoms with Crippen LogP contribution in [0.5, 0.6) is 5.75 Å². The van der Waals surface area contributed by atoms with E-state index in [0.29, 0.717) is 11.6 Å². The number of carbonyl (C=O) groups is 1. The lowest BCUT2D eigenvalue weighted by Crippen LogP contribution is -2.49. The zero-order valence-corrected chi connectivity index (χ0v) is 16.7.